The van der Waals surface area contributed by atoms with E-state index in [4.69, 9.17) is 4.74 Å². The summed E-state index contributed by atoms with van der Waals surface area (Å²) in [4.78, 5) is 0. The standard InChI is InChI=1S/C17H35NO/c1-5-8-11-15(6-2)14-16(18-4)17(19-7-3)12-9-10-13-17/h15-16,18H,5-14H2,1-4H3. The zero-order valence-corrected chi connectivity index (χ0v) is 13.6. The SMILES string of the molecule is CCCCC(CC)CC(NC)C1(OCC)CCCC1. The van der Waals surface area contributed by atoms with Crippen LogP contribution in [0.2, 0.25) is 0 Å². The number of unbranched alkanes of at least 4 members (excludes halogenated alkanes) is 1. The fourth-order valence-corrected chi connectivity index (χ4v) is 3.76. The molecular weight excluding hydrogens is 234 g/mol. The fraction of sp³-hybridized carbons (Fsp3) is 1.00. The van der Waals surface area contributed by atoms with E-state index in [1.165, 1.54) is 57.8 Å². The highest BCUT2D eigenvalue weighted by molar-refractivity contribution is 4.97. The van der Waals surface area contributed by atoms with Gasteiger partial charge in [-0.3, -0.25) is 0 Å². The number of hydrogen-bond donors (Lipinski definition) is 1. The molecule has 2 heteroatoms. The minimum atomic E-state index is 0.128. The molecule has 0 heterocycles. The predicted octanol–water partition coefficient (Wildman–Crippen LogP) is 4.53. The Hall–Kier alpha value is -0.0800. The molecule has 19 heavy (non-hydrogen) atoms. The molecule has 114 valence electrons. The molecule has 0 aromatic carbocycles. The highest BCUT2D eigenvalue weighted by Gasteiger charge is 2.41. The lowest BCUT2D eigenvalue weighted by atomic mass is 9.82. The van der Waals surface area contributed by atoms with Gasteiger partial charge in [-0.25, -0.2) is 0 Å². The third-order valence-electron chi connectivity index (χ3n) is 4.98. The number of hydrogen-bond acceptors (Lipinski definition) is 2. The molecule has 1 rings (SSSR count). The molecule has 2 nitrogen and oxygen atoms in total. The summed E-state index contributed by atoms with van der Waals surface area (Å²) in [6.45, 7) is 7.63. The van der Waals surface area contributed by atoms with Gasteiger partial charge in [-0.2, -0.15) is 0 Å². The second kappa shape index (κ2) is 8.97. The van der Waals surface area contributed by atoms with Crippen LogP contribution in [0, 0.1) is 5.92 Å². The molecule has 0 spiro atoms. The van der Waals surface area contributed by atoms with Crippen molar-refractivity contribution in [1.82, 2.24) is 5.32 Å². The molecule has 0 aromatic heterocycles. The van der Waals surface area contributed by atoms with Crippen LogP contribution < -0.4 is 5.32 Å². The van der Waals surface area contributed by atoms with E-state index in [1.807, 2.05) is 0 Å². The molecule has 0 aromatic rings. The van der Waals surface area contributed by atoms with E-state index in [0.29, 0.717) is 6.04 Å². The van der Waals surface area contributed by atoms with Crippen LogP contribution >= 0.6 is 0 Å². The first-order valence-corrected chi connectivity index (χ1v) is 8.53. The first-order chi connectivity index (χ1) is 9.22. The maximum Gasteiger partial charge on any atom is 0.0834 e. The Morgan fingerprint density at radius 3 is 2.32 bits per heavy atom. The zero-order chi connectivity index (χ0) is 14.1. The largest absolute Gasteiger partial charge is 0.374 e. The van der Waals surface area contributed by atoms with Crippen molar-refractivity contribution in [2.75, 3.05) is 13.7 Å². The normalized spacial score (nSPS) is 21.5. The summed E-state index contributed by atoms with van der Waals surface area (Å²) >= 11 is 0. The number of ether oxygens (including phenoxy) is 1. The summed E-state index contributed by atoms with van der Waals surface area (Å²) in [5, 5.41) is 3.59. The number of rotatable bonds is 10. The third-order valence-corrected chi connectivity index (χ3v) is 4.98. The topological polar surface area (TPSA) is 21.3 Å². The van der Waals surface area contributed by atoms with Crippen molar-refractivity contribution in [1.29, 1.82) is 0 Å². The maximum absolute atomic E-state index is 6.23. The monoisotopic (exact) mass is 269 g/mol. The summed E-state index contributed by atoms with van der Waals surface area (Å²) in [6.07, 6.45) is 11.8. The van der Waals surface area contributed by atoms with Crippen molar-refractivity contribution in [3.8, 4) is 0 Å². The first-order valence-electron chi connectivity index (χ1n) is 8.53. The van der Waals surface area contributed by atoms with Gasteiger partial charge in [0.25, 0.3) is 0 Å². The van der Waals surface area contributed by atoms with Gasteiger partial charge in [0.2, 0.25) is 0 Å². The van der Waals surface area contributed by atoms with Crippen LogP contribution in [0.5, 0.6) is 0 Å². The first kappa shape index (κ1) is 17.0. The van der Waals surface area contributed by atoms with Crippen LogP contribution in [-0.2, 0) is 4.74 Å². The van der Waals surface area contributed by atoms with E-state index in [0.717, 1.165) is 12.5 Å². The van der Waals surface area contributed by atoms with Crippen molar-refractivity contribution in [3.63, 3.8) is 0 Å². The summed E-state index contributed by atoms with van der Waals surface area (Å²) in [5.41, 5.74) is 0.128. The number of nitrogens with one attached hydrogen (secondary N) is 1. The van der Waals surface area contributed by atoms with Crippen LogP contribution in [0.25, 0.3) is 0 Å². The predicted molar refractivity (Wildman–Crippen MR) is 83.6 cm³/mol. The summed E-state index contributed by atoms with van der Waals surface area (Å²) in [6, 6.07) is 0.539. The lowest BCUT2D eigenvalue weighted by Gasteiger charge is -2.39. The molecule has 1 saturated carbocycles. The van der Waals surface area contributed by atoms with Crippen LogP contribution in [0.15, 0.2) is 0 Å². The smallest absolute Gasteiger partial charge is 0.0834 e. The molecule has 0 bridgehead atoms. The van der Waals surface area contributed by atoms with Gasteiger partial charge in [-0.05, 0) is 39.2 Å². The molecule has 0 aliphatic heterocycles. The van der Waals surface area contributed by atoms with E-state index >= 15 is 0 Å². The van der Waals surface area contributed by atoms with Crippen LogP contribution in [0.4, 0.5) is 0 Å². The Bertz CT molecular complexity index is 223. The molecule has 2 unspecified atom stereocenters. The summed E-state index contributed by atoms with van der Waals surface area (Å²) < 4.78 is 6.23. The van der Waals surface area contributed by atoms with Crippen LogP contribution in [-0.4, -0.2) is 25.3 Å². The Balaban J connectivity index is 2.62. The quantitative estimate of drug-likeness (QED) is 0.629. The average Bonchev–Trinajstić information content (AvgIpc) is 2.89. The maximum atomic E-state index is 6.23. The molecule has 1 aliphatic rings. The van der Waals surface area contributed by atoms with E-state index < -0.39 is 0 Å². The van der Waals surface area contributed by atoms with Gasteiger partial charge in [0.05, 0.1) is 5.60 Å². The van der Waals surface area contributed by atoms with E-state index in [2.05, 4.69) is 33.1 Å². The molecule has 1 N–H and O–H groups in total. The third kappa shape index (κ3) is 4.75. The second-order valence-electron chi connectivity index (χ2n) is 6.20. The summed E-state index contributed by atoms with van der Waals surface area (Å²) in [5.74, 6) is 0.857. The lowest BCUT2D eigenvalue weighted by Crippen LogP contribution is -2.50. The molecular formula is C17H35NO. The molecule has 1 fully saturated rings. The molecule has 0 amide bonds. The molecule has 1 aliphatic carbocycles. The van der Waals surface area contributed by atoms with Crippen molar-refractivity contribution in [2.45, 2.75) is 90.2 Å². The van der Waals surface area contributed by atoms with Gasteiger partial charge in [-0.15, -0.1) is 0 Å². The summed E-state index contributed by atoms with van der Waals surface area (Å²) in [7, 11) is 2.12. The van der Waals surface area contributed by atoms with Gasteiger partial charge in [-0.1, -0.05) is 52.4 Å². The van der Waals surface area contributed by atoms with Crippen LogP contribution in [0.1, 0.15) is 78.6 Å². The average molecular weight is 269 g/mol. The van der Waals surface area contributed by atoms with Crippen molar-refractivity contribution in [2.24, 2.45) is 5.92 Å². The Morgan fingerprint density at radius 2 is 1.84 bits per heavy atom. The second-order valence-corrected chi connectivity index (χ2v) is 6.20. The fourth-order valence-electron chi connectivity index (χ4n) is 3.76. The van der Waals surface area contributed by atoms with E-state index in [1.54, 1.807) is 0 Å². The van der Waals surface area contributed by atoms with Crippen LogP contribution in [0.3, 0.4) is 0 Å². The highest BCUT2D eigenvalue weighted by atomic mass is 16.5. The highest BCUT2D eigenvalue weighted by Crippen LogP contribution is 2.39. The van der Waals surface area contributed by atoms with Crippen molar-refractivity contribution >= 4 is 0 Å². The van der Waals surface area contributed by atoms with Crippen molar-refractivity contribution in [3.05, 3.63) is 0 Å². The van der Waals surface area contributed by atoms with Gasteiger partial charge in [0.1, 0.15) is 0 Å². The molecule has 0 radical (unpaired) electrons. The van der Waals surface area contributed by atoms with E-state index in [9.17, 15) is 0 Å². The van der Waals surface area contributed by atoms with E-state index in [-0.39, 0.29) is 5.60 Å². The Labute approximate surface area is 120 Å². The van der Waals surface area contributed by atoms with Crippen molar-refractivity contribution < 1.29 is 4.74 Å². The Morgan fingerprint density at radius 1 is 1.16 bits per heavy atom. The van der Waals surface area contributed by atoms with Gasteiger partial charge in [0, 0.05) is 12.6 Å². The van der Waals surface area contributed by atoms with Gasteiger partial charge >= 0.3 is 0 Å². The van der Waals surface area contributed by atoms with Gasteiger partial charge in [0.15, 0.2) is 0 Å². The molecule has 0 saturated heterocycles. The zero-order valence-electron chi connectivity index (χ0n) is 13.6. The Kier molecular flexibility index (Phi) is 8.01. The molecule has 2 atom stereocenters. The van der Waals surface area contributed by atoms with Gasteiger partial charge < -0.3 is 10.1 Å². The minimum Gasteiger partial charge on any atom is -0.374 e. The number of likely N-dealkylation sites (N-methyl/N-ethyl adjacent to an activating group) is 1. The lowest BCUT2D eigenvalue weighted by molar-refractivity contribution is -0.0651. The minimum absolute atomic E-state index is 0.128.